The highest BCUT2D eigenvalue weighted by molar-refractivity contribution is 9.10. The monoisotopic (exact) mass is 391 g/mol. The van der Waals surface area contributed by atoms with Gasteiger partial charge in [-0.2, -0.15) is 0 Å². The van der Waals surface area contributed by atoms with Crippen molar-refractivity contribution in [3.05, 3.63) is 57.1 Å². The lowest BCUT2D eigenvalue weighted by Gasteiger charge is -2.14. The van der Waals surface area contributed by atoms with Crippen molar-refractivity contribution < 1.29 is 14.6 Å². The highest BCUT2D eigenvalue weighted by atomic mass is 79.9. The quantitative estimate of drug-likeness (QED) is 0.655. The number of para-hydroxylation sites is 1. The van der Waals surface area contributed by atoms with Gasteiger partial charge in [-0.15, -0.1) is 0 Å². The second-order valence-electron chi connectivity index (χ2n) is 5.82. The fraction of sp³-hybridized carbons (Fsp3) is 0.316. The maximum Gasteiger partial charge on any atom is 0.337 e. The van der Waals surface area contributed by atoms with Gasteiger partial charge in [0, 0.05) is 11.0 Å². The molecule has 2 aromatic carbocycles. The highest BCUT2D eigenvalue weighted by Crippen LogP contribution is 2.28. The van der Waals surface area contributed by atoms with E-state index in [0.29, 0.717) is 18.8 Å². The SMILES string of the molecule is Cc1cc(Br)c(NCCCOc2c(C)cccc2C)c(C(=O)O)c1. The van der Waals surface area contributed by atoms with E-state index in [-0.39, 0.29) is 5.56 Å². The molecule has 128 valence electrons. The molecule has 0 aliphatic carbocycles. The van der Waals surface area contributed by atoms with Gasteiger partial charge in [0.25, 0.3) is 0 Å². The van der Waals surface area contributed by atoms with Crippen LogP contribution in [0.1, 0.15) is 33.5 Å². The Morgan fingerprint density at radius 3 is 2.50 bits per heavy atom. The lowest BCUT2D eigenvalue weighted by Crippen LogP contribution is -2.12. The smallest absolute Gasteiger partial charge is 0.337 e. The molecule has 0 aliphatic heterocycles. The van der Waals surface area contributed by atoms with E-state index in [1.807, 2.05) is 45.0 Å². The average Bonchev–Trinajstić information content (AvgIpc) is 2.50. The Balaban J connectivity index is 1.92. The zero-order chi connectivity index (χ0) is 17.7. The Kier molecular flexibility index (Phi) is 6.26. The standard InChI is InChI=1S/C19H22BrNO3/c1-12-10-15(19(22)23)17(16(20)11-12)21-8-5-9-24-18-13(2)6-4-7-14(18)3/h4,6-7,10-11,21H,5,8-9H2,1-3H3,(H,22,23). The summed E-state index contributed by atoms with van der Waals surface area (Å²) in [5.74, 6) is -0.00562. The van der Waals surface area contributed by atoms with Gasteiger partial charge in [-0.1, -0.05) is 18.2 Å². The van der Waals surface area contributed by atoms with E-state index in [0.717, 1.165) is 33.3 Å². The van der Waals surface area contributed by atoms with Crippen LogP contribution in [-0.4, -0.2) is 24.2 Å². The number of nitrogens with one attached hydrogen (secondary N) is 1. The van der Waals surface area contributed by atoms with E-state index in [2.05, 4.69) is 21.2 Å². The second-order valence-corrected chi connectivity index (χ2v) is 6.68. The molecule has 0 aliphatic rings. The Labute approximate surface area is 151 Å². The molecule has 2 N–H and O–H groups in total. The predicted molar refractivity (Wildman–Crippen MR) is 100 cm³/mol. The largest absolute Gasteiger partial charge is 0.493 e. The summed E-state index contributed by atoms with van der Waals surface area (Å²) >= 11 is 3.43. The highest BCUT2D eigenvalue weighted by Gasteiger charge is 2.13. The van der Waals surface area contributed by atoms with Crippen LogP contribution in [0, 0.1) is 20.8 Å². The third-order valence-electron chi connectivity index (χ3n) is 3.74. The Morgan fingerprint density at radius 1 is 1.21 bits per heavy atom. The van der Waals surface area contributed by atoms with Crippen LogP contribution in [0.4, 0.5) is 5.69 Å². The molecule has 2 rings (SSSR count). The van der Waals surface area contributed by atoms with Gasteiger partial charge >= 0.3 is 5.97 Å². The first kappa shape index (κ1) is 18.3. The molecule has 0 bridgehead atoms. The van der Waals surface area contributed by atoms with Gasteiger partial charge in [0.1, 0.15) is 5.75 Å². The average molecular weight is 392 g/mol. The van der Waals surface area contributed by atoms with Crippen molar-refractivity contribution in [3.63, 3.8) is 0 Å². The van der Waals surface area contributed by atoms with Gasteiger partial charge < -0.3 is 15.2 Å². The fourth-order valence-corrected chi connectivity index (χ4v) is 3.29. The van der Waals surface area contributed by atoms with Crippen LogP contribution in [0.5, 0.6) is 5.75 Å². The number of anilines is 1. The molecule has 2 aromatic rings. The summed E-state index contributed by atoms with van der Waals surface area (Å²) in [6.45, 7) is 7.14. The van der Waals surface area contributed by atoms with Crippen molar-refractivity contribution in [3.8, 4) is 5.75 Å². The number of ether oxygens (including phenoxy) is 1. The maximum atomic E-state index is 11.4. The molecule has 0 atom stereocenters. The number of hydrogen-bond acceptors (Lipinski definition) is 3. The van der Waals surface area contributed by atoms with E-state index in [9.17, 15) is 9.90 Å². The molecule has 0 spiro atoms. The molecule has 0 saturated carbocycles. The lowest BCUT2D eigenvalue weighted by atomic mass is 10.1. The number of carboxylic acids is 1. The van der Waals surface area contributed by atoms with Crippen LogP contribution in [-0.2, 0) is 0 Å². The normalized spacial score (nSPS) is 10.5. The summed E-state index contributed by atoms with van der Waals surface area (Å²) in [5, 5.41) is 12.5. The van der Waals surface area contributed by atoms with Gasteiger partial charge in [-0.25, -0.2) is 4.79 Å². The Bertz CT molecular complexity index is 723. The molecule has 24 heavy (non-hydrogen) atoms. The minimum atomic E-state index is -0.936. The molecule has 0 fully saturated rings. The first-order chi connectivity index (χ1) is 11.4. The maximum absolute atomic E-state index is 11.4. The lowest BCUT2D eigenvalue weighted by molar-refractivity contribution is 0.0697. The van der Waals surface area contributed by atoms with Crippen LogP contribution in [0.15, 0.2) is 34.8 Å². The number of rotatable bonds is 7. The zero-order valence-electron chi connectivity index (χ0n) is 14.1. The molecule has 0 heterocycles. The number of aromatic carboxylic acids is 1. The molecule has 4 nitrogen and oxygen atoms in total. The van der Waals surface area contributed by atoms with Crippen molar-refractivity contribution in [1.82, 2.24) is 0 Å². The van der Waals surface area contributed by atoms with Gasteiger partial charge in [-0.05, 0) is 71.9 Å². The van der Waals surface area contributed by atoms with Gasteiger partial charge in [-0.3, -0.25) is 0 Å². The van der Waals surface area contributed by atoms with Crippen LogP contribution in [0.25, 0.3) is 0 Å². The summed E-state index contributed by atoms with van der Waals surface area (Å²) in [5.41, 5.74) is 4.04. The van der Waals surface area contributed by atoms with Crippen LogP contribution < -0.4 is 10.1 Å². The first-order valence-electron chi connectivity index (χ1n) is 7.86. The summed E-state index contributed by atoms with van der Waals surface area (Å²) in [6.07, 6.45) is 0.771. The number of carboxylic acid groups (broad SMARTS) is 1. The Morgan fingerprint density at radius 2 is 1.88 bits per heavy atom. The number of hydrogen-bond donors (Lipinski definition) is 2. The fourth-order valence-electron chi connectivity index (χ4n) is 2.58. The Hall–Kier alpha value is -2.01. The number of carbonyl (C=O) groups is 1. The minimum Gasteiger partial charge on any atom is -0.493 e. The van der Waals surface area contributed by atoms with E-state index in [1.54, 1.807) is 6.07 Å². The summed E-state index contributed by atoms with van der Waals surface area (Å²) in [4.78, 5) is 11.4. The molecule has 5 heteroatoms. The van der Waals surface area contributed by atoms with Crippen molar-refractivity contribution in [2.24, 2.45) is 0 Å². The summed E-state index contributed by atoms with van der Waals surface area (Å²) in [6, 6.07) is 9.65. The molecule has 0 aromatic heterocycles. The van der Waals surface area contributed by atoms with E-state index >= 15 is 0 Å². The second kappa shape index (κ2) is 8.20. The van der Waals surface area contributed by atoms with E-state index in [1.165, 1.54) is 0 Å². The summed E-state index contributed by atoms with van der Waals surface area (Å²) < 4.78 is 6.62. The van der Waals surface area contributed by atoms with Crippen molar-refractivity contribution >= 4 is 27.6 Å². The number of halogens is 1. The number of aryl methyl sites for hydroxylation is 3. The van der Waals surface area contributed by atoms with Gasteiger partial charge in [0.2, 0.25) is 0 Å². The third-order valence-corrected chi connectivity index (χ3v) is 4.37. The molecule has 0 amide bonds. The number of benzene rings is 2. The van der Waals surface area contributed by atoms with Gasteiger partial charge in [0.05, 0.1) is 17.9 Å². The van der Waals surface area contributed by atoms with E-state index in [4.69, 9.17) is 4.74 Å². The van der Waals surface area contributed by atoms with Crippen LogP contribution in [0.3, 0.4) is 0 Å². The topological polar surface area (TPSA) is 58.6 Å². The molecular formula is C19H22BrNO3. The molecule has 0 unspecified atom stereocenters. The first-order valence-corrected chi connectivity index (χ1v) is 8.65. The van der Waals surface area contributed by atoms with Crippen molar-refractivity contribution in [2.75, 3.05) is 18.5 Å². The zero-order valence-corrected chi connectivity index (χ0v) is 15.7. The van der Waals surface area contributed by atoms with Crippen LogP contribution in [0.2, 0.25) is 0 Å². The molecular weight excluding hydrogens is 370 g/mol. The van der Waals surface area contributed by atoms with Crippen molar-refractivity contribution in [2.45, 2.75) is 27.2 Å². The molecule has 0 saturated heterocycles. The van der Waals surface area contributed by atoms with Crippen molar-refractivity contribution in [1.29, 1.82) is 0 Å². The van der Waals surface area contributed by atoms with E-state index < -0.39 is 5.97 Å². The van der Waals surface area contributed by atoms with Crippen LogP contribution >= 0.6 is 15.9 Å². The third kappa shape index (κ3) is 4.51. The summed E-state index contributed by atoms with van der Waals surface area (Å²) in [7, 11) is 0. The predicted octanol–water partition coefficient (Wildman–Crippen LogP) is 4.95. The molecule has 0 radical (unpaired) electrons. The minimum absolute atomic E-state index is 0.276. The van der Waals surface area contributed by atoms with Gasteiger partial charge in [0.15, 0.2) is 0 Å².